The monoisotopic (exact) mass is 263 g/mol. The molecule has 3 heteroatoms. The number of hydrogen-bond acceptors (Lipinski definition) is 3. The van der Waals surface area contributed by atoms with E-state index in [-0.39, 0.29) is 17.9 Å². The van der Waals surface area contributed by atoms with Crippen molar-refractivity contribution < 1.29 is 9.53 Å². The van der Waals surface area contributed by atoms with E-state index in [1.54, 1.807) is 0 Å². The molecule has 1 aromatic rings. The third-order valence-corrected chi connectivity index (χ3v) is 3.63. The SMILES string of the molecule is CCC(C(=O)OC)C(c1ccc(C)cc1C)N(C)C. The van der Waals surface area contributed by atoms with Gasteiger partial charge in [-0.05, 0) is 45.5 Å². The van der Waals surface area contributed by atoms with E-state index in [2.05, 4.69) is 36.9 Å². The van der Waals surface area contributed by atoms with Crippen LogP contribution in [0.1, 0.15) is 36.1 Å². The zero-order valence-electron chi connectivity index (χ0n) is 12.9. The van der Waals surface area contributed by atoms with Crippen molar-refractivity contribution in [3.05, 3.63) is 34.9 Å². The maximum absolute atomic E-state index is 12.0. The summed E-state index contributed by atoms with van der Waals surface area (Å²) in [6.07, 6.45) is 0.767. The normalized spacial score (nSPS) is 14.3. The van der Waals surface area contributed by atoms with Crippen molar-refractivity contribution in [3.8, 4) is 0 Å². The van der Waals surface area contributed by atoms with E-state index in [0.29, 0.717) is 0 Å². The first-order valence-electron chi connectivity index (χ1n) is 6.73. The quantitative estimate of drug-likeness (QED) is 0.764. The summed E-state index contributed by atoms with van der Waals surface area (Å²) in [4.78, 5) is 14.1. The Labute approximate surface area is 116 Å². The van der Waals surface area contributed by atoms with E-state index < -0.39 is 0 Å². The van der Waals surface area contributed by atoms with Gasteiger partial charge in [-0.15, -0.1) is 0 Å². The number of aryl methyl sites for hydroxylation is 2. The zero-order chi connectivity index (χ0) is 14.6. The summed E-state index contributed by atoms with van der Waals surface area (Å²) in [6, 6.07) is 6.44. The second-order valence-electron chi connectivity index (χ2n) is 5.31. The molecule has 0 aliphatic rings. The Bertz CT molecular complexity index is 440. The first kappa shape index (κ1) is 15.7. The molecule has 0 saturated carbocycles. The number of carbonyl (C=O) groups excluding carboxylic acids is 1. The highest BCUT2D eigenvalue weighted by molar-refractivity contribution is 5.73. The second-order valence-corrected chi connectivity index (χ2v) is 5.31. The van der Waals surface area contributed by atoms with Crippen LogP contribution in [0, 0.1) is 19.8 Å². The Morgan fingerprint density at radius 2 is 1.95 bits per heavy atom. The summed E-state index contributed by atoms with van der Waals surface area (Å²) in [5.74, 6) is -0.275. The minimum atomic E-state index is -0.138. The van der Waals surface area contributed by atoms with Gasteiger partial charge in [-0.2, -0.15) is 0 Å². The van der Waals surface area contributed by atoms with Crippen LogP contribution in [-0.4, -0.2) is 32.1 Å². The minimum Gasteiger partial charge on any atom is -0.469 e. The number of esters is 1. The van der Waals surface area contributed by atoms with Crippen LogP contribution in [0.2, 0.25) is 0 Å². The molecule has 0 N–H and O–H groups in total. The molecule has 0 fully saturated rings. The van der Waals surface area contributed by atoms with Gasteiger partial charge in [0.2, 0.25) is 0 Å². The lowest BCUT2D eigenvalue weighted by atomic mass is 9.87. The molecule has 0 aliphatic carbocycles. The van der Waals surface area contributed by atoms with Crippen molar-refractivity contribution in [3.63, 3.8) is 0 Å². The predicted octanol–water partition coefficient (Wildman–Crippen LogP) is 3.11. The molecule has 1 rings (SSSR count). The highest BCUT2D eigenvalue weighted by Crippen LogP contribution is 2.32. The second kappa shape index (κ2) is 6.71. The molecule has 0 bridgehead atoms. The molecule has 0 aliphatic heterocycles. The highest BCUT2D eigenvalue weighted by atomic mass is 16.5. The third-order valence-electron chi connectivity index (χ3n) is 3.63. The van der Waals surface area contributed by atoms with Gasteiger partial charge in [0, 0.05) is 6.04 Å². The molecule has 0 radical (unpaired) electrons. The molecule has 0 heterocycles. The van der Waals surface area contributed by atoms with Gasteiger partial charge in [0.05, 0.1) is 13.0 Å². The van der Waals surface area contributed by atoms with Gasteiger partial charge in [0.15, 0.2) is 0 Å². The smallest absolute Gasteiger partial charge is 0.310 e. The van der Waals surface area contributed by atoms with Crippen LogP contribution in [-0.2, 0) is 9.53 Å². The molecular weight excluding hydrogens is 238 g/mol. The molecule has 0 aromatic heterocycles. The topological polar surface area (TPSA) is 29.5 Å². The van der Waals surface area contributed by atoms with Gasteiger partial charge in [0.1, 0.15) is 0 Å². The predicted molar refractivity (Wildman–Crippen MR) is 78.1 cm³/mol. The molecule has 1 aromatic carbocycles. The fourth-order valence-corrected chi connectivity index (χ4v) is 2.68. The van der Waals surface area contributed by atoms with Crippen LogP contribution in [0.5, 0.6) is 0 Å². The number of carbonyl (C=O) groups is 1. The van der Waals surface area contributed by atoms with Crippen molar-refractivity contribution in [2.24, 2.45) is 5.92 Å². The van der Waals surface area contributed by atoms with Crippen LogP contribution in [0.4, 0.5) is 0 Å². The standard InChI is InChI=1S/C16H25NO2/c1-7-13(16(18)19-6)15(17(4)5)14-9-8-11(2)10-12(14)3/h8-10,13,15H,7H2,1-6H3. The Balaban J connectivity index is 3.22. The average molecular weight is 263 g/mol. The Hall–Kier alpha value is -1.35. The summed E-state index contributed by atoms with van der Waals surface area (Å²) in [6.45, 7) is 6.21. The van der Waals surface area contributed by atoms with Gasteiger partial charge in [-0.3, -0.25) is 4.79 Å². The number of ether oxygens (including phenoxy) is 1. The van der Waals surface area contributed by atoms with Gasteiger partial charge >= 0.3 is 5.97 Å². The number of nitrogens with zero attached hydrogens (tertiary/aromatic N) is 1. The molecule has 0 spiro atoms. The van der Waals surface area contributed by atoms with Crippen molar-refractivity contribution >= 4 is 5.97 Å². The molecule has 0 saturated heterocycles. The van der Waals surface area contributed by atoms with Crippen molar-refractivity contribution in [2.75, 3.05) is 21.2 Å². The molecule has 3 nitrogen and oxygen atoms in total. The van der Waals surface area contributed by atoms with Crippen molar-refractivity contribution in [2.45, 2.75) is 33.2 Å². The summed E-state index contributed by atoms with van der Waals surface area (Å²) >= 11 is 0. The minimum absolute atomic E-state index is 0.0537. The summed E-state index contributed by atoms with van der Waals surface area (Å²) < 4.78 is 4.95. The van der Waals surface area contributed by atoms with E-state index in [4.69, 9.17) is 4.74 Å². The van der Waals surface area contributed by atoms with Crippen molar-refractivity contribution in [1.29, 1.82) is 0 Å². The van der Waals surface area contributed by atoms with Gasteiger partial charge in [-0.1, -0.05) is 30.7 Å². The Kier molecular flexibility index (Phi) is 5.55. The van der Waals surface area contributed by atoms with Crippen LogP contribution >= 0.6 is 0 Å². The van der Waals surface area contributed by atoms with Gasteiger partial charge in [0.25, 0.3) is 0 Å². The van der Waals surface area contributed by atoms with Gasteiger partial charge < -0.3 is 9.64 Å². The maximum Gasteiger partial charge on any atom is 0.310 e. The van der Waals surface area contributed by atoms with E-state index in [1.165, 1.54) is 23.8 Å². The van der Waals surface area contributed by atoms with Crippen molar-refractivity contribution in [1.82, 2.24) is 4.90 Å². The summed E-state index contributed by atoms with van der Waals surface area (Å²) in [5, 5.41) is 0. The van der Waals surface area contributed by atoms with Crippen LogP contribution in [0.15, 0.2) is 18.2 Å². The maximum atomic E-state index is 12.0. The van der Waals surface area contributed by atoms with E-state index in [1.807, 2.05) is 21.0 Å². The molecule has 2 unspecified atom stereocenters. The Morgan fingerprint density at radius 1 is 1.32 bits per heavy atom. The molecule has 2 atom stereocenters. The lowest BCUT2D eigenvalue weighted by Gasteiger charge is -2.31. The lowest BCUT2D eigenvalue weighted by Crippen LogP contribution is -2.33. The number of hydrogen-bond donors (Lipinski definition) is 0. The van der Waals surface area contributed by atoms with Crippen LogP contribution in [0.3, 0.4) is 0 Å². The third kappa shape index (κ3) is 3.57. The Morgan fingerprint density at radius 3 is 2.37 bits per heavy atom. The van der Waals surface area contributed by atoms with E-state index in [0.717, 1.165) is 6.42 Å². The fourth-order valence-electron chi connectivity index (χ4n) is 2.68. The number of rotatable bonds is 5. The first-order chi connectivity index (χ1) is 8.92. The molecule has 19 heavy (non-hydrogen) atoms. The van der Waals surface area contributed by atoms with E-state index >= 15 is 0 Å². The van der Waals surface area contributed by atoms with Crippen LogP contribution < -0.4 is 0 Å². The highest BCUT2D eigenvalue weighted by Gasteiger charge is 2.31. The van der Waals surface area contributed by atoms with Gasteiger partial charge in [-0.25, -0.2) is 0 Å². The average Bonchev–Trinajstić information content (AvgIpc) is 2.35. The summed E-state index contributed by atoms with van der Waals surface area (Å²) in [5.41, 5.74) is 3.67. The van der Waals surface area contributed by atoms with E-state index in [9.17, 15) is 4.79 Å². The first-order valence-corrected chi connectivity index (χ1v) is 6.73. The molecule has 106 valence electrons. The molecular formula is C16H25NO2. The summed E-state index contributed by atoms with van der Waals surface area (Å²) in [7, 11) is 5.48. The zero-order valence-corrected chi connectivity index (χ0v) is 12.9. The largest absolute Gasteiger partial charge is 0.469 e. The number of methoxy groups -OCH3 is 1. The van der Waals surface area contributed by atoms with Crippen LogP contribution in [0.25, 0.3) is 0 Å². The number of benzene rings is 1. The fraction of sp³-hybridized carbons (Fsp3) is 0.562. The lowest BCUT2D eigenvalue weighted by molar-refractivity contribution is -0.148. The molecule has 0 amide bonds.